The lowest BCUT2D eigenvalue weighted by Crippen LogP contribution is -1.97. The highest BCUT2D eigenvalue weighted by molar-refractivity contribution is 5.98. The van der Waals surface area contributed by atoms with E-state index in [4.69, 9.17) is 0 Å². The molecule has 0 aliphatic rings. The largest absolute Gasteiger partial charge is 0.295 e. The van der Waals surface area contributed by atoms with Crippen molar-refractivity contribution >= 4 is 11.6 Å². The molecule has 0 heterocycles. The number of carbonyl (C=O) groups excluding carboxylic acids is 2. The third-order valence-corrected chi connectivity index (χ3v) is 7.51. The zero-order valence-corrected chi connectivity index (χ0v) is 24.8. The Morgan fingerprint density at radius 2 is 0.528 bits per heavy atom. The minimum absolute atomic E-state index is 0.122. The number of rotatable bonds is 30. The first-order valence-electron chi connectivity index (χ1n) is 16.4. The first-order chi connectivity index (χ1) is 17.7. The molecule has 2 heteroatoms. The van der Waals surface area contributed by atoms with Gasteiger partial charge in [0.15, 0.2) is 11.6 Å². The Morgan fingerprint density at radius 3 is 0.750 bits per heavy atom. The van der Waals surface area contributed by atoms with Crippen molar-refractivity contribution < 1.29 is 9.59 Å². The Balaban J connectivity index is 3.37. The van der Waals surface area contributed by atoms with Gasteiger partial charge < -0.3 is 0 Å². The van der Waals surface area contributed by atoms with E-state index in [1.54, 1.807) is 0 Å². The molecule has 0 aromatic rings. The van der Waals surface area contributed by atoms with Crippen LogP contribution in [0.1, 0.15) is 194 Å². The van der Waals surface area contributed by atoms with Crippen LogP contribution in [-0.4, -0.2) is 11.6 Å². The van der Waals surface area contributed by atoms with E-state index in [1.807, 2.05) is 0 Å². The van der Waals surface area contributed by atoms with Gasteiger partial charge >= 0.3 is 0 Å². The van der Waals surface area contributed by atoms with E-state index in [-0.39, 0.29) is 11.6 Å². The fourth-order valence-corrected chi connectivity index (χ4v) is 4.99. The predicted molar refractivity (Wildman–Crippen MR) is 160 cm³/mol. The van der Waals surface area contributed by atoms with Gasteiger partial charge in [-0.15, -0.1) is 0 Å². The van der Waals surface area contributed by atoms with E-state index in [2.05, 4.69) is 13.8 Å². The van der Waals surface area contributed by atoms with Crippen molar-refractivity contribution in [3.05, 3.63) is 12.2 Å². The molecule has 0 spiro atoms. The molecule has 212 valence electrons. The van der Waals surface area contributed by atoms with Crippen LogP contribution in [-0.2, 0) is 9.59 Å². The summed E-state index contributed by atoms with van der Waals surface area (Å²) in [5.74, 6) is 0.244. The zero-order valence-electron chi connectivity index (χ0n) is 24.8. The van der Waals surface area contributed by atoms with Gasteiger partial charge in [-0.25, -0.2) is 0 Å². The van der Waals surface area contributed by atoms with Crippen LogP contribution in [0.2, 0.25) is 0 Å². The Morgan fingerprint density at radius 1 is 0.333 bits per heavy atom. The number of unbranched alkanes of at least 4 members (excludes halogenated alkanes) is 24. The minimum Gasteiger partial charge on any atom is -0.295 e. The number of hydrogen-bond donors (Lipinski definition) is 0. The van der Waals surface area contributed by atoms with Crippen LogP contribution in [0.15, 0.2) is 12.2 Å². The highest BCUT2D eigenvalue weighted by atomic mass is 16.1. The molecule has 0 N–H and O–H groups in total. The summed E-state index contributed by atoms with van der Waals surface area (Å²) in [5, 5.41) is 0. The third-order valence-electron chi connectivity index (χ3n) is 7.51. The molecule has 0 aliphatic carbocycles. The maximum atomic E-state index is 12.0. The Hall–Kier alpha value is -0.920. The summed E-state index contributed by atoms with van der Waals surface area (Å²) in [6.07, 6.45) is 38.5. The fraction of sp³-hybridized carbons (Fsp3) is 0.882. The number of carbonyl (C=O) groups is 2. The lowest BCUT2D eigenvalue weighted by atomic mass is 10.0. The van der Waals surface area contributed by atoms with Gasteiger partial charge in [0, 0.05) is 12.8 Å². The fourth-order valence-electron chi connectivity index (χ4n) is 4.99. The molecular weight excluding hydrogens is 440 g/mol. The molecule has 0 saturated carbocycles. The molecule has 36 heavy (non-hydrogen) atoms. The van der Waals surface area contributed by atoms with E-state index in [9.17, 15) is 9.59 Å². The highest BCUT2D eigenvalue weighted by Gasteiger charge is 2.01. The van der Waals surface area contributed by atoms with Crippen molar-refractivity contribution in [1.29, 1.82) is 0 Å². The van der Waals surface area contributed by atoms with Gasteiger partial charge in [-0.1, -0.05) is 168 Å². The van der Waals surface area contributed by atoms with E-state index in [0.29, 0.717) is 12.8 Å². The second-order valence-electron chi connectivity index (χ2n) is 11.3. The standard InChI is InChI=1S/C34H64O2/c1-3-5-7-9-11-13-15-17-19-21-23-25-27-29-33(35)31-32-34(36)30-28-26-24-22-20-18-16-14-12-10-8-6-4-2/h31-32H,3-30H2,1-2H3. The van der Waals surface area contributed by atoms with Gasteiger partial charge in [0.05, 0.1) is 0 Å². The topological polar surface area (TPSA) is 34.1 Å². The number of allylic oxidation sites excluding steroid dienone is 2. The van der Waals surface area contributed by atoms with Crippen LogP contribution in [0.4, 0.5) is 0 Å². The van der Waals surface area contributed by atoms with Gasteiger partial charge in [0.25, 0.3) is 0 Å². The molecule has 0 atom stereocenters. The van der Waals surface area contributed by atoms with Crippen molar-refractivity contribution in [2.75, 3.05) is 0 Å². The van der Waals surface area contributed by atoms with Crippen molar-refractivity contribution in [1.82, 2.24) is 0 Å². The normalized spacial score (nSPS) is 11.5. The molecule has 0 rings (SSSR count). The van der Waals surface area contributed by atoms with Gasteiger partial charge in [0.1, 0.15) is 0 Å². The maximum Gasteiger partial charge on any atom is 0.155 e. The summed E-state index contributed by atoms with van der Waals surface area (Å²) in [6, 6.07) is 0. The molecule has 0 fully saturated rings. The summed E-state index contributed by atoms with van der Waals surface area (Å²) in [6.45, 7) is 4.55. The van der Waals surface area contributed by atoms with Crippen LogP contribution >= 0.6 is 0 Å². The third kappa shape index (κ3) is 29.3. The molecule has 2 nitrogen and oxygen atoms in total. The average molecular weight is 505 g/mol. The summed E-state index contributed by atoms with van der Waals surface area (Å²) in [5.41, 5.74) is 0. The summed E-state index contributed by atoms with van der Waals surface area (Å²) >= 11 is 0. The molecule has 0 aliphatic heterocycles. The number of hydrogen-bond acceptors (Lipinski definition) is 2. The van der Waals surface area contributed by atoms with Gasteiger partial charge in [-0.2, -0.15) is 0 Å². The average Bonchev–Trinajstić information content (AvgIpc) is 2.88. The molecule has 0 unspecified atom stereocenters. The molecular formula is C34H64O2. The Bertz CT molecular complexity index is 449. The Kier molecular flexibility index (Phi) is 29.5. The van der Waals surface area contributed by atoms with Crippen molar-refractivity contribution in [2.45, 2.75) is 194 Å². The van der Waals surface area contributed by atoms with Crippen molar-refractivity contribution in [2.24, 2.45) is 0 Å². The molecule has 0 aromatic carbocycles. The van der Waals surface area contributed by atoms with Crippen molar-refractivity contribution in [3.8, 4) is 0 Å². The predicted octanol–water partition coefficient (Wildman–Crippen LogP) is 11.6. The SMILES string of the molecule is CCCCCCCCCCCCCCCC(=O)C=CC(=O)CCCCCCCCCCCCCCC. The smallest absolute Gasteiger partial charge is 0.155 e. The van der Waals surface area contributed by atoms with E-state index in [0.717, 1.165) is 25.7 Å². The van der Waals surface area contributed by atoms with E-state index >= 15 is 0 Å². The van der Waals surface area contributed by atoms with Crippen LogP contribution in [0.25, 0.3) is 0 Å². The lowest BCUT2D eigenvalue weighted by molar-refractivity contribution is -0.116. The number of ketones is 2. The van der Waals surface area contributed by atoms with Gasteiger partial charge in [0.2, 0.25) is 0 Å². The molecule has 0 saturated heterocycles. The summed E-state index contributed by atoms with van der Waals surface area (Å²) in [4.78, 5) is 24.0. The monoisotopic (exact) mass is 504 g/mol. The minimum atomic E-state index is 0.122. The molecule has 0 amide bonds. The van der Waals surface area contributed by atoms with E-state index in [1.165, 1.54) is 153 Å². The molecule has 0 radical (unpaired) electrons. The second kappa shape index (κ2) is 30.3. The first-order valence-corrected chi connectivity index (χ1v) is 16.4. The van der Waals surface area contributed by atoms with Crippen LogP contribution in [0.5, 0.6) is 0 Å². The van der Waals surface area contributed by atoms with E-state index < -0.39 is 0 Å². The second-order valence-corrected chi connectivity index (χ2v) is 11.3. The van der Waals surface area contributed by atoms with Gasteiger partial charge in [-0.3, -0.25) is 9.59 Å². The highest BCUT2D eigenvalue weighted by Crippen LogP contribution is 2.14. The van der Waals surface area contributed by atoms with Gasteiger partial charge in [-0.05, 0) is 25.0 Å². The van der Waals surface area contributed by atoms with Crippen LogP contribution in [0.3, 0.4) is 0 Å². The summed E-state index contributed by atoms with van der Waals surface area (Å²) in [7, 11) is 0. The quantitative estimate of drug-likeness (QED) is 0.0719. The zero-order chi connectivity index (χ0) is 26.4. The molecule has 0 aromatic heterocycles. The van der Waals surface area contributed by atoms with Crippen LogP contribution in [0, 0.1) is 0 Å². The Labute approximate surface area is 226 Å². The van der Waals surface area contributed by atoms with Crippen LogP contribution < -0.4 is 0 Å². The maximum absolute atomic E-state index is 12.0. The van der Waals surface area contributed by atoms with Crippen molar-refractivity contribution in [3.63, 3.8) is 0 Å². The summed E-state index contributed by atoms with van der Waals surface area (Å²) < 4.78 is 0. The lowest BCUT2D eigenvalue weighted by Gasteiger charge is -2.03. The first kappa shape index (κ1) is 35.1. The molecule has 0 bridgehead atoms.